The molecular formula is C13H21NO3S2. The Morgan fingerprint density at radius 2 is 1.79 bits per heavy atom. The van der Waals surface area contributed by atoms with E-state index in [4.69, 9.17) is 5.11 Å². The van der Waals surface area contributed by atoms with Crippen molar-refractivity contribution in [1.82, 2.24) is 4.72 Å². The number of benzene rings is 1. The van der Waals surface area contributed by atoms with Gasteiger partial charge < -0.3 is 5.11 Å². The van der Waals surface area contributed by atoms with Gasteiger partial charge in [-0.3, -0.25) is 0 Å². The van der Waals surface area contributed by atoms with Crippen LogP contribution in [0.3, 0.4) is 0 Å². The second kappa shape index (κ2) is 7.89. The molecule has 1 aromatic rings. The van der Waals surface area contributed by atoms with Crippen molar-refractivity contribution in [2.75, 3.05) is 24.7 Å². The highest BCUT2D eigenvalue weighted by atomic mass is 32.2. The second-order valence-corrected chi connectivity index (χ2v) is 7.40. The Hall–Kier alpha value is -0.560. The zero-order valence-corrected chi connectivity index (χ0v) is 13.0. The molecule has 0 bridgehead atoms. The molecule has 0 heterocycles. The van der Waals surface area contributed by atoms with E-state index in [1.807, 2.05) is 19.9 Å². The maximum atomic E-state index is 12.1. The Bertz CT molecular complexity index is 480. The van der Waals surface area contributed by atoms with Gasteiger partial charge in [0, 0.05) is 18.9 Å². The molecular weight excluding hydrogens is 282 g/mol. The molecule has 1 rings (SSSR count). The number of rotatable bonds is 8. The summed E-state index contributed by atoms with van der Waals surface area (Å²) >= 11 is 1.63. The van der Waals surface area contributed by atoms with E-state index < -0.39 is 10.0 Å². The molecule has 108 valence electrons. The fourth-order valence-corrected chi connectivity index (χ4v) is 3.82. The molecule has 6 heteroatoms. The fraction of sp³-hybridized carbons (Fsp3) is 0.538. The maximum Gasteiger partial charge on any atom is 0.240 e. The van der Waals surface area contributed by atoms with Crippen molar-refractivity contribution in [2.45, 2.75) is 25.2 Å². The first-order chi connectivity index (χ1) is 8.95. The van der Waals surface area contributed by atoms with Crippen LogP contribution in [-0.2, 0) is 10.0 Å². The largest absolute Gasteiger partial charge is 0.396 e. The van der Waals surface area contributed by atoms with Crippen LogP contribution in [0.1, 0.15) is 17.5 Å². The molecule has 1 aromatic carbocycles. The first-order valence-electron chi connectivity index (χ1n) is 6.22. The number of thioether (sulfide) groups is 1. The molecule has 0 saturated heterocycles. The van der Waals surface area contributed by atoms with Crippen LogP contribution in [0.15, 0.2) is 23.1 Å². The number of hydrogen-bond donors (Lipinski definition) is 2. The first-order valence-corrected chi connectivity index (χ1v) is 8.86. The van der Waals surface area contributed by atoms with E-state index in [1.165, 1.54) is 0 Å². The highest BCUT2D eigenvalue weighted by molar-refractivity contribution is 7.99. The monoisotopic (exact) mass is 303 g/mol. The third kappa shape index (κ3) is 5.95. The molecule has 0 radical (unpaired) electrons. The predicted molar refractivity (Wildman–Crippen MR) is 80.1 cm³/mol. The van der Waals surface area contributed by atoms with Gasteiger partial charge in [0.1, 0.15) is 0 Å². The first kappa shape index (κ1) is 16.5. The van der Waals surface area contributed by atoms with Crippen molar-refractivity contribution in [1.29, 1.82) is 0 Å². The van der Waals surface area contributed by atoms with E-state index in [2.05, 4.69) is 4.72 Å². The molecule has 0 atom stereocenters. The van der Waals surface area contributed by atoms with Gasteiger partial charge in [0.05, 0.1) is 4.90 Å². The second-order valence-electron chi connectivity index (χ2n) is 4.41. The Morgan fingerprint density at radius 1 is 1.16 bits per heavy atom. The molecule has 0 amide bonds. The summed E-state index contributed by atoms with van der Waals surface area (Å²) in [4.78, 5) is 0.324. The molecule has 0 spiro atoms. The summed E-state index contributed by atoms with van der Waals surface area (Å²) in [6.07, 6.45) is 0.745. The van der Waals surface area contributed by atoms with Crippen molar-refractivity contribution in [2.24, 2.45) is 0 Å². The zero-order valence-electron chi connectivity index (χ0n) is 11.3. The molecule has 0 unspecified atom stereocenters. The van der Waals surface area contributed by atoms with E-state index in [9.17, 15) is 8.42 Å². The molecule has 0 aliphatic rings. The summed E-state index contributed by atoms with van der Waals surface area (Å²) in [6, 6.07) is 5.30. The number of aryl methyl sites for hydroxylation is 2. The van der Waals surface area contributed by atoms with E-state index in [-0.39, 0.29) is 6.61 Å². The van der Waals surface area contributed by atoms with Crippen molar-refractivity contribution in [3.63, 3.8) is 0 Å². The minimum Gasteiger partial charge on any atom is -0.396 e. The van der Waals surface area contributed by atoms with Crippen LogP contribution in [-0.4, -0.2) is 38.2 Å². The molecule has 0 aliphatic carbocycles. The summed E-state index contributed by atoms with van der Waals surface area (Å²) in [6.45, 7) is 4.36. The van der Waals surface area contributed by atoms with Crippen molar-refractivity contribution in [3.8, 4) is 0 Å². The van der Waals surface area contributed by atoms with Gasteiger partial charge in [-0.15, -0.1) is 0 Å². The number of aliphatic hydroxyl groups is 1. The smallest absolute Gasteiger partial charge is 0.240 e. The Morgan fingerprint density at radius 3 is 2.37 bits per heavy atom. The van der Waals surface area contributed by atoms with E-state index >= 15 is 0 Å². The molecule has 0 aliphatic heterocycles. The lowest BCUT2D eigenvalue weighted by atomic mass is 10.2. The summed E-state index contributed by atoms with van der Waals surface area (Å²) in [7, 11) is -3.41. The molecule has 4 nitrogen and oxygen atoms in total. The minimum absolute atomic E-state index is 0.182. The lowest BCUT2D eigenvalue weighted by Gasteiger charge is -2.08. The average Bonchev–Trinajstić information content (AvgIpc) is 2.32. The zero-order chi connectivity index (χ0) is 14.3. The van der Waals surface area contributed by atoms with Gasteiger partial charge in [-0.25, -0.2) is 13.1 Å². The normalized spacial score (nSPS) is 11.7. The maximum absolute atomic E-state index is 12.1. The summed E-state index contributed by atoms with van der Waals surface area (Å²) in [5.74, 6) is 1.56. The minimum atomic E-state index is -3.41. The summed E-state index contributed by atoms with van der Waals surface area (Å²) in [5, 5.41) is 8.63. The number of aliphatic hydroxyl groups excluding tert-OH is 1. The van der Waals surface area contributed by atoms with E-state index in [0.717, 1.165) is 23.3 Å². The van der Waals surface area contributed by atoms with Crippen molar-refractivity contribution in [3.05, 3.63) is 29.3 Å². The van der Waals surface area contributed by atoms with Gasteiger partial charge in [0.25, 0.3) is 0 Å². The molecule has 19 heavy (non-hydrogen) atoms. The van der Waals surface area contributed by atoms with Gasteiger partial charge in [0.2, 0.25) is 10.0 Å². The SMILES string of the molecule is Cc1cc(C)cc(S(=O)(=O)NCCSCCCO)c1. The third-order valence-corrected chi connectivity index (χ3v) is 5.00. The molecule has 0 fully saturated rings. The van der Waals surface area contributed by atoms with E-state index in [0.29, 0.717) is 17.2 Å². The van der Waals surface area contributed by atoms with Gasteiger partial charge in [-0.05, 0) is 49.3 Å². The van der Waals surface area contributed by atoms with Crippen LogP contribution in [0.2, 0.25) is 0 Å². The number of nitrogens with one attached hydrogen (secondary N) is 1. The Kier molecular flexibility index (Phi) is 6.85. The third-order valence-electron chi connectivity index (χ3n) is 2.49. The highest BCUT2D eigenvalue weighted by Gasteiger charge is 2.13. The van der Waals surface area contributed by atoms with Gasteiger partial charge in [-0.2, -0.15) is 11.8 Å². The number of sulfonamides is 1. The highest BCUT2D eigenvalue weighted by Crippen LogP contribution is 2.14. The molecule has 0 saturated carbocycles. The van der Waals surface area contributed by atoms with Gasteiger partial charge in [0.15, 0.2) is 0 Å². The Balaban J connectivity index is 2.51. The summed E-state index contributed by atoms with van der Waals surface area (Å²) < 4.78 is 26.7. The number of hydrogen-bond acceptors (Lipinski definition) is 4. The Labute approximate surface area is 119 Å². The average molecular weight is 303 g/mol. The predicted octanol–water partition coefficient (Wildman–Crippen LogP) is 1.70. The van der Waals surface area contributed by atoms with E-state index in [1.54, 1.807) is 23.9 Å². The standard InChI is InChI=1S/C13H21NO3S2/c1-11-8-12(2)10-13(9-11)19(16,17)14-4-7-18-6-3-5-15/h8-10,14-15H,3-7H2,1-2H3. The lowest BCUT2D eigenvalue weighted by molar-refractivity contribution is 0.296. The van der Waals surface area contributed by atoms with Crippen LogP contribution in [0.5, 0.6) is 0 Å². The fourth-order valence-electron chi connectivity index (χ4n) is 1.69. The molecule has 2 N–H and O–H groups in total. The van der Waals surface area contributed by atoms with Crippen molar-refractivity contribution >= 4 is 21.8 Å². The van der Waals surface area contributed by atoms with Crippen LogP contribution in [0.25, 0.3) is 0 Å². The van der Waals surface area contributed by atoms with Gasteiger partial charge >= 0.3 is 0 Å². The topological polar surface area (TPSA) is 66.4 Å². The van der Waals surface area contributed by atoms with Gasteiger partial charge in [-0.1, -0.05) is 6.07 Å². The van der Waals surface area contributed by atoms with Crippen LogP contribution in [0, 0.1) is 13.8 Å². The quantitative estimate of drug-likeness (QED) is 0.717. The van der Waals surface area contributed by atoms with Crippen LogP contribution < -0.4 is 4.72 Å². The van der Waals surface area contributed by atoms with Crippen LogP contribution >= 0.6 is 11.8 Å². The molecule has 0 aromatic heterocycles. The van der Waals surface area contributed by atoms with Crippen LogP contribution in [0.4, 0.5) is 0 Å². The van der Waals surface area contributed by atoms with Crippen molar-refractivity contribution < 1.29 is 13.5 Å². The summed E-state index contributed by atoms with van der Waals surface area (Å²) in [5.41, 5.74) is 1.88. The lowest BCUT2D eigenvalue weighted by Crippen LogP contribution is -2.26.